The number of likely N-dealkylation sites (tertiary alicyclic amines) is 1. The zero-order valence-corrected chi connectivity index (χ0v) is 15.4. The molecule has 0 aliphatic carbocycles. The number of hydrogen-bond acceptors (Lipinski definition) is 4. The van der Waals surface area contributed by atoms with Crippen molar-refractivity contribution >= 4 is 39.9 Å². The van der Waals surface area contributed by atoms with Gasteiger partial charge in [0.1, 0.15) is 10.5 Å². The van der Waals surface area contributed by atoms with E-state index in [0.29, 0.717) is 28.9 Å². The molecule has 2 aromatic rings. The number of aryl methyl sites for hydroxylation is 1. The van der Waals surface area contributed by atoms with E-state index < -0.39 is 11.9 Å². The van der Waals surface area contributed by atoms with E-state index in [1.54, 1.807) is 11.8 Å². The lowest BCUT2D eigenvalue weighted by atomic mass is 10.1. The van der Waals surface area contributed by atoms with Gasteiger partial charge in [-0.3, -0.25) is 4.79 Å². The highest BCUT2D eigenvalue weighted by Gasteiger charge is 2.35. The molecule has 1 saturated heterocycles. The average Bonchev–Trinajstić information content (AvgIpc) is 3.06. The summed E-state index contributed by atoms with van der Waals surface area (Å²) in [6.45, 7) is 4.83. The van der Waals surface area contributed by atoms with Crippen LogP contribution in [0.5, 0.6) is 0 Å². The van der Waals surface area contributed by atoms with Crippen LogP contribution < -0.4 is 5.73 Å². The molecule has 4 nitrogen and oxygen atoms in total. The van der Waals surface area contributed by atoms with E-state index >= 15 is 0 Å². The van der Waals surface area contributed by atoms with E-state index in [1.165, 1.54) is 6.07 Å². The molecule has 1 fully saturated rings. The maximum Gasteiger partial charge on any atom is 0.433 e. The number of rotatable bonds is 2. The number of hydrogen-bond donors (Lipinski definition) is 1. The second-order valence-corrected chi connectivity index (χ2v) is 7.25. The van der Waals surface area contributed by atoms with E-state index in [1.807, 2.05) is 6.92 Å². The summed E-state index contributed by atoms with van der Waals surface area (Å²) < 4.78 is 38.4. The summed E-state index contributed by atoms with van der Waals surface area (Å²) in [4.78, 5) is 19.0. The Labute approximate surface area is 153 Å². The fourth-order valence-corrected chi connectivity index (χ4v) is 4.32. The van der Waals surface area contributed by atoms with Crippen molar-refractivity contribution in [3.63, 3.8) is 0 Å². The molecule has 0 saturated carbocycles. The molecule has 0 aromatic carbocycles. The van der Waals surface area contributed by atoms with Crippen LogP contribution >= 0.6 is 23.7 Å². The number of aromatic nitrogens is 1. The Morgan fingerprint density at radius 2 is 2.12 bits per heavy atom. The molecule has 2 N–H and O–H groups in total. The Hall–Kier alpha value is -1.38. The van der Waals surface area contributed by atoms with Gasteiger partial charge in [-0.25, -0.2) is 4.98 Å². The van der Waals surface area contributed by atoms with Crippen LogP contribution in [-0.2, 0) is 6.18 Å². The highest BCUT2D eigenvalue weighted by Crippen LogP contribution is 2.36. The summed E-state index contributed by atoms with van der Waals surface area (Å²) in [6.07, 6.45) is -3.64. The molecule has 2 unspecified atom stereocenters. The van der Waals surface area contributed by atoms with E-state index in [4.69, 9.17) is 5.73 Å². The number of thiophene rings is 1. The highest BCUT2D eigenvalue weighted by molar-refractivity contribution is 7.20. The molecular weight excluding hydrogens is 375 g/mol. The summed E-state index contributed by atoms with van der Waals surface area (Å²) in [6, 6.07) is 2.43. The number of carbonyl (C=O) groups is 1. The number of nitrogens with two attached hydrogens (primary N) is 1. The predicted octanol–water partition coefficient (Wildman–Crippen LogP) is 3.85. The molecule has 0 radical (unpaired) electrons. The predicted molar refractivity (Wildman–Crippen MR) is 94.3 cm³/mol. The van der Waals surface area contributed by atoms with Gasteiger partial charge in [0.15, 0.2) is 0 Å². The highest BCUT2D eigenvalue weighted by atomic mass is 35.5. The van der Waals surface area contributed by atoms with Crippen molar-refractivity contribution in [2.45, 2.75) is 32.5 Å². The van der Waals surface area contributed by atoms with Crippen LogP contribution in [0.15, 0.2) is 12.1 Å². The zero-order valence-electron chi connectivity index (χ0n) is 13.8. The van der Waals surface area contributed by atoms with E-state index in [2.05, 4.69) is 4.98 Å². The number of fused-ring (bicyclic) bond motifs is 1. The largest absolute Gasteiger partial charge is 0.433 e. The molecule has 0 bridgehead atoms. The Morgan fingerprint density at radius 3 is 2.68 bits per heavy atom. The molecule has 2 aromatic heterocycles. The van der Waals surface area contributed by atoms with Crippen molar-refractivity contribution in [3.05, 3.63) is 28.3 Å². The molecule has 3 rings (SSSR count). The number of alkyl halides is 3. The fraction of sp³-hybridized carbons (Fsp3) is 0.500. The van der Waals surface area contributed by atoms with Crippen LogP contribution in [0, 0.1) is 12.8 Å². The van der Waals surface area contributed by atoms with Crippen molar-refractivity contribution in [1.82, 2.24) is 9.88 Å². The Bertz CT molecular complexity index is 793. The van der Waals surface area contributed by atoms with Gasteiger partial charge in [0, 0.05) is 18.0 Å². The molecular formula is C16H19ClF3N3OS. The van der Waals surface area contributed by atoms with Gasteiger partial charge in [-0.15, -0.1) is 23.7 Å². The second-order valence-electron chi connectivity index (χ2n) is 6.25. The average molecular weight is 394 g/mol. The van der Waals surface area contributed by atoms with Crippen molar-refractivity contribution in [1.29, 1.82) is 0 Å². The normalized spacial score (nSPS) is 20.8. The maximum atomic E-state index is 12.8. The first-order valence-electron chi connectivity index (χ1n) is 7.70. The van der Waals surface area contributed by atoms with Crippen LogP contribution in [0.3, 0.4) is 0 Å². The molecule has 2 atom stereocenters. The van der Waals surface area contributed by atoms with Gasteiger partial charge < -0.3 is 10.6 Å². The fourth-order valence-electron chi connectivity index (χ4n) is 3.19. The third kappa shape index (κ3) is 3.61. The molecule has 138 valence electrons. The standard InChI is InChI=1S/C16H18F3N3OS.ClH/c1-8-5-10(6-20)7-22(8)15(23)13-9(2)11-3-4-12(16(17,18)19)21-14(11)24-13;/h3-4,8,10H,5-7,20H2,1-2H3;1H. The zero-order chi connectivity index (χ0) is 17.6. The summed E-state index contributed by atoms with van der Waals surface area (Å²) in [5.74, 6) is 0.126. The summed E-state index contributed by atoms with van der Waals surface area (Å²) >= 11 is 1.03. The van der Waals surface area contributed by atoms with Crippen molar-refractivity contribution in [2.24, 2.45) is 11.7 Å². The molecule has 25 heavy (non-hydrogen) atoms. The van der Waals surface area contributed by atoms with Crippen LogP contribution in [0.25, 0.3) is 10.2 Å². The van der Waals surface area contributed by atoms with Crippen LogP contribution in [0.2, 0.25) is 0 Å². The molecule has 9 heteroatoms. The summed E-state index contributed by atoms with van der Waals surface area (Å²) in [5, 5.41) is 0.596. The number of halogens is 4. The summed E-state index contributed by atoms with van der Waals surface area (Å²) in [5.41, 5.74) is 5.44. The minimum Gasteiger partial charge on any atom is -0.335 e. The third-order valence-electron chi connectivity index (χ3n) is 4.54. The first kappa shape index (κ1) is 19.9. The van der Waals surface area contributed by atoms with Crippen LogP contribution in [-0.4, -0.2) is 34.9 Å². The van der Waals surface area contributed by atoms with Crippen molar-refractivity contribution < 1.29 is 18.0 Å². The van der Waals surface area contributed by atoms with Gasteiger partial charge in [-0.2, -0.15) is 13.2 Å². The quantitative estimate of drug-likeness (QED) is 0.842. The maximum absolute atomic E-state index is 12.8. The minimum absolute atomic E-state index is 0. The monoisotopic (exact) mass is 393 g/mol. The molecule has 0 spiro atoms. The molecule has 1 aliphatic heterocycles. The SMILES string of the molecule is Cc1c(C(=O)N2CC(CN)CC2C)sc2nc(C(F)(F)F)ccc12.Cl. The van der Waals surface area contributed by atoms with Gasteiger partial charge >= 0.3 is 6.18 Å². The summed E-state index contributed by atoms with van der Waals surface area (Å²) in [7, 11) is 0. The number of carbonyl (C=O) groups excluding carboxylic acids is 1. The van der Waals surface area contributed by atoms with E-state index in [0.717, 1.165) is 23.8 Å². The lowest BCUT2D eigenvalue weighted by Gasteiger charge is -2.21. The molecule has 1 amide bonds. The first-order chi connectivity index (χ1) is 11.2. The van der Waals surface area contributed by atoms with Gasteiger partial charge in [-0.05, 0) is 50.4 Å². The Morgan fingerprint density at radius 1 is 1.44 bits per heavy atom. The number of pyridine rings is 1. The lowest BCUT2D eigenvalue weighted by molar-refractivity contribution is -0.140. The lowest BCUT2D eigenvalue weighted by Crippen LogP contribution is -2.34. The van der Waals surface area contributed by atoms with Crippen molar-refractivity contribution in [2.75, 3.05) is 13.1 Å². The number of amides is 1. The smallest absolute Gasteiger partial charge is 0.335 e. The topological polar surface area (TPSA) is 59.2 Å². The van der Waals surface area contributed by atoms with Crippen LogP contribution in [0.1, 0.15) is 34.3 Å². The first-order valence-corrected chi connectivity index (χ1v) is 8.52. The molecule has 3 heterocycles. The van der Waals surface area contributed by atoms with Gasteiger partial charge in [-0.1, -0.05) is 0 Å². The van der Waals surface area contributed by atoms with E-state index in [9.17, 15) is 18.0 Å². The van der Waals surface area contributed by atoms with Gasteiger partial charge in [0.2, 0.25) is 0 Å². The molecule has 1 aliphatic rings. The second kappa shape index (κ2) is 7.09. The van der Waals surface area contributed by atoms with Crippen LogP contribution in [0.4, 0.5) is 13.2 Å². The van der Waals surface area contributed by atoms with E-state index in [-0.39, 0.29) is 35.1 Å². The third-order valence-corrected chi connectivity index (χ3v) is 5.73. The van der Waals surface area contributed by atoms with Gasteiger partial charge in [0.25, 0.3) is 5.91 Å². The van der Waals surface area contributed by atoms with Crippen molar-refractivity contribution in [3.8, 4) is 0 Å². The Balaban J connectivity index is 0.00000225. The Kier molecular flexibility index (Phi) is 5.65. The minimum atomic E-state index is -4.49. The van der Waals surface area contributed by atoms with Gasteiger partial charge in [0.05, 0.1) is 4.88 Å². The number of nitrogens with zero attached hydrogens (tertiary/aromatic N) is 2.